The Labute approximate surface area is 250 Å². The Morgan fingerprint density at radius 3 is 2.29 bits per heavy atom. The van der Waals surface area contributed by atoms with E-state index in [0.717, 1.165) is 79.0 Å². The summed E-state index contributed by atoms with van der Waals surface area (Å²) in [5.74, 6) is 2.52. The number of hydrogen-bond donors (Lipinski definition) is 3. The zero-order chi connectivity index (χ0) is 28.7. The number of aliphatic hydroxyl groups is 1. The fraction of sp³-hybridized carbons (Fsp3) is 0.629. The van der Waals surface area contributed by atoms with Gasteiger partial charge in [-0.25, -0.2) is 4.79 Å². The minimum absolute atomic E-state index is 0.0142. The number of amides is 2. The lowest BCUT2D eigenvalue weighted by Gasteiger charge is -2.56. The Hall–Kier alpha value is -2.45. The molecule has 2 aliphatic heterocycles. The Kier molecular flexibility index (Phi) is 8.03. The van der Waals surface area contributed by atoms with Crippen LogP contribution >= 0.6 is 0 Å². The van der Waals surface area contributed by atoms with Crippen molar-refractivity contribution in [3.05, 3.63) is 65.2 Å². The van der Waals surface area contributed by atoms with Gasteiger partial charge in [0.05, 0.1) is 18.8 Å². The number of benzene rings is 2. The van der Waals surface area contributed by atoms with E-state index in [9.17, 15) is 9.90 Å². The zero-order valence-electron chi connectivity index (χ0n) is 25.0. The number of carbonyl (C=O) groups excluding carboxylic acids is 1. The number of anilines is 1. The summed E-state index contributed by atoms with van der Waals surface area (Å²) in [5, 5.41) is 16.1. The van der Waals surface area contributed by atoms with Gasteiger partial charge in [0.1, 0.15) is 0 Å². The second-order valence-electron chi connectivity index (χ2n) is 14.1. The smallest absolute Gasteiger partial charge is 0.319 e. The predicted octanol–water partition coefficient (Wildman–Crippen LogP) is 6.55. The van der Waals surface area contributed by atoms with Crippen LogP contribution in [0.2, 0.25) is 0 Å². The molecular weight excluding hydrogens is 526 g/mol. The van der Waals surface area contributed by atoms with E-state index in [4.69, 9.17) is 9.47 Å². The fourth-order valence-corrected chi connectivity index (χ4v) is 9.15. The predicted molar refractivity (Wildman–Crippen MR) is 163 cm³/mol. The van der Waals surface area contributed by atoms with Crippen molar-refractivity contribution in [3.63, 3.8) is 0 Å². The minimum atomic E-state index is -0.536. The van der Waals surface area contributed by atoms with E-state index in [-0.39, 0.29) is 36.3 Å². The molecule has 0 aromatic heterocycles. The highest BCUT2D eigenvalue weighted by Gasteiger charge is 2.51. The SMILES string of the molecule is C[C@@H]1[C@H](CN2CCCCC2)O[C@H](c2cccc(NC(=O)NC34CC5CC(CC(C5)C3)C4)c2)O[C@@H]1c1ccc(CO)cc1. The van der Waals surface area contributed by atoms with Crippen LogP contribution in [0.1, 0.15) is 93.8 Å². The van der Waals surface area contributed by atoms with Crippen LogP contribution in [-0.2, 0) is 16.1 Å². The number of ether oxygens (including phenoxy) is 2. The maximum Gasteiger partial charge on any atom is 0.319 e. The third-order valence-corrected chi connectivity index (χ3v) is 10.8. The molecule has 2 heterocycles. The minimum Gasteiger partial charge on any atom is -0.392 e. The van der Waals surface area contributed by atoms with Crippen LogP contribution in [0.15, 0.2) is 48.5 Å². The lowest BCUT2D eigenvalue weighted by Crippen LogP contribution is -2.60. The van der Waals surface area contributed by atoms with Gasteiger partial charge in [-0.05, 0) is 105 Å². The van der Waals surface area contributed by atoms with Gasteiger partial charge in [-0.3, -0.25) is 0 Å². The van der Waals surface area contributed by atoms with E-state index in [1.807, 2.05) is 36.4 Å². The molecule has 0 unspecified atom stereocenters. The van der Waals surface area contributed by atoms with Crippen LogP contribution in [-0.4, -0.2) is 47.3 Å². The topological polar surface area (TPSA) is 83.1 Å². The third-order valence-electron chi connectivity index (χ3n) is 10.8. The van der Waals surface area contributed by atoms with E-state index in [1.165, 1.54) is 38.5 Å². The van der Waals surface area contributed by atoms with Crippen LogP contribution in [0.5, 0.6) is 0 Å². The van der Waals surface area contributed by atoms with Crippen LogP contribution in [0.3, 0.4) is 0 Å². The van der Waals surface area contributed by atoms with Gasteiger partial charge in [0.2, 0.25) is 0 Å². The van der Waals surface area contributed by atoms with Crippen molar-refractivity contribution in [2.75, 3.05) is 25.0 Å². The maximum absolute atomic E-state index is 13.3. The second-order valence-corrected chi connectivity index (χ2v) is 14.1. The molecule has 6 fully saturated rings. The van der Waals surface area contributed by atoms with Crippen LogP contribution < -0.4 is 10.6 Å². The van der Waals surface area contributed by atoms with Crippen molar-refractivity contribution in [1.29, 1.82) is 0 Å². The number of nitrogens with one attached hydrogen (secondary N) is 2. The normalized spacial score (nSPS) is 36.1. The molecule has 7 heteroatoms. The van der Waals surface area contributed by atoms with Gasteiger partial charge in [-0.2, -0.15) is 0 Å². The maximum atomic E-state index is 13.3. The summed E-state index contributed by atoms with van der Waals surface area (Å²) in [6.45, 7) is 5.37. The summed E-state index contributed by atoms with van der Waals surface area (Å²) in [4.78, 5) is 15.8. The van der Waals surface area contributed by atoms with Crippen molar-refractivity contribution >= 4 is 11.7 Å². The van der Waals surface area contributed by atoms with E-state index < -0.39 is 6.29 Å². The summed E-state index contributed by atoms with van der Waals surface area (Å²) >= 11 is 0. The molecule has 0 spiro atoms. The standard InChI is InChI=1S/C35H47N3O4/c1-23-31(21-38-12-3-2-4-13-38)41-33(42-32(23)28-10-8-24(22-39)9-11-28)29-6-5-7-30(17-29)36-34(40)37-35-18-25-14-26(19-35)16-27(15-25)20-35/h5-11,17,23,25-27,31-33,39H,2-4,12-16,18-22H2,1H3,(H2,36,37,40)/t23-,25?,26?,27?,31+,32+,33+,35?/m1/s1. The molecule has 7 nitrogen and oxygen atoms in total. The first-order chi connectivity index (χ1) is 20.4. The first kappa shape index (κ1) is 28.3. The van der Waals surface area contributed by atoms with E-state index >= 15 is 0 Å². The first-order valence-corrected chi connectivity index (χ1v) is 16.4. The lowest BCUT2D eigenvalue weighted by atomic mass is 9.53. The molecule has 6 aliphatic rings. The number of urea groups is 1. The summed E-state index contributed by atoms with van der Waals surface area (Å²) in [5.41, 5.74) is 3.64. The van der Waals surface area contributed by atoms with Crippen molar-refractivity contribution < 1.29 is 19.4 Å². The van der Waals surface area contributed by atoms with Crippen molar-refractivity contribution in [2.45, 2.75) is 95.4 Å². The summed E-state index contributed by atoms with van der Waals surface area (Å²) in [6, 6.07) is 16.0. The second kappa shape index (κ2) is 11.9. The van der Waals surface area contributed by atoms with Crippen molar-refractivity contribution in [3.8, 4) is 0 Å². The number of carbonyl (C=O) groups is 1. The summed E-state index contributed by atoms with van der Waals surface area (Å²) in [6.07, 6.45) is 10.6. The van der Waals surface area contributed by atoms with E-state index in [0.29, 0.717) is 0 Å². The molecule has 4 bridgehead atoms. The molecule has 4 aliphatic carbocycles. The summed E-state index contributed by atoms with van der Waals surface area (Å²) < 4.78 is 13.4. The lowest BCUT2D eigenvalue weighted by molar-refractivity contribution is -0.276. The molecule has 2 aromatic carbocycles. The average Bonchev–Trinajstić information content (AvgIpc) is 2.98. The van der Waals surface area contributed by atoms with Crippen molar-refractivity contribution in [2.24, 2.45) is 23.7 Å². The highest BCUT2D eigenvalue weighted by atomic mass is 16.7. The molecule has 2 saturated heterocycles. The number of aliphatic hydroxyl groups excluding tert-OH is 1. The molecule has 2 amide bonds. The van der Waals surface area contributed by atoms with Gasteiger partial charge in [0.25, 0.3) is 0 Å². The van der Waals surface area contributed by atoms with Crippen molar-refractivity contribution in [1.82, 2.24) is 10.2 Å². The molecule has 4 atom stereocenters. The number of rotatable bonds is 7. The van der Waals surface area contributed by atoms with Crippen LogP contribution in [0.25, 0.3) is 0 Å². The summed E-state index contributed by atoms with van der Waals surface area (Å²) in [7, 11) is 0. The average molecular weight is 574 g/mol. The Bertz CT molecular complexity index is 1210. The highest BCUT2D eigenvalue weighted by molar-refractivity contribution is 5.89. The Morgan fingerprint density at radius 2 is 1.62 bits per heavy atom. The van der Waals surface area contributed by atoms with Gasteiger partial charge in [0, 0.05) is 29.3 Å². The largest absolute Gasteiger partial charge is 0.392 e. The molecule has 226 valence electrons. The van der Waals surface area contributed by atoms with E-state index in [1.54, 1.807) is 0 Å². The fourth-order valence-electron chi connectivity index (χ4n) is 9.15. The number of nitrogens with zero attached hydrogens (tertiary/aromatic N) is 1. The molecular formula is C35H47N3O4. The van der Waals surface area contributed by atoms with Gasteiger partial charge in [-0.15, -0.1) is 0 Å². The molecule has 0 radical (unpaired) electrons. The van der Waals surface area contributed by atoms with Gasteiger partial charge >= 0.3 is 6.03 Å². The van der Waals surface area contributed by atoms with Gasteiger partial charge < -0.3 is 30.1 Å². The van der Waals surface area contributed by atoms with Crippen LogP contribution in [0.4, 0.5) is 10.5 Å². The number of hydrogen-bond acceptors (Lipinski definition) is 5. The third kappa shape index (κ3) is 5.99. The van der Waals surface area contributed by atoms with Gasteiger partial charge in [0.15, 0.2) is 6.29 Å². The molecule has 2 aromatic rings. The monoisotopic (exact) mass is 573 g/mol. The quantitative estimate of drug-likeness (QED) is 0.350. The molecule has 3 N–H and O–H groups in total. The van der Waals surface area contributed by atoms with E-state index in [2.05, 4.69) is 34.6 Å². The first-order valence-electron chi connectivity index (χ1n) is 16.4. The molecule has 42 heavy (non-hydrogen) atoms. The van der Waals surface area contributed by atoms with Gasteiger partial charge in [-0.1, -0.05) is 49.7 Å². The zero-order valence-corrected chi connectivity index (χ0v) is 25.0. The molecule has 8 rings (SSSR count). The Balaban J connectivity index is 1.07. The Morgan fingerprint density at radius 1 is 0.929 bits per heavy atom. The highest BCUT2D eigenvalue weighted by Crippen LogP contribution is 2.55. The molecule has 4 saturated carbocycles. The number of piperidine rings is 1. The van der Waals surface area contributed by atoms with Crippen LogP contribution in [0, 0.1) is 23.7 Å². The number of likely N-dealkylation sites (tertiary alicyclic amines) is 1.